The smallest absolute Gasteiger partial charge is 0.251 e. The largest absolute Gasteiger partial charge is 0.378 e. The third kappa shape index (κ3) is 2.75. The fourth-order valence-corrected chi connectivity index (χ4v) is 1.63. The summed E-state index contributed by atoms with van der Waals surface area (Å²) in [5, 5.41) is 0.0224. The molecule has 1 N–H and O–H groups in total. The number of hydrogen-bond acceptors (Lipinski definition) is 3. The van der Waals surface area contributed by atoms with Gasteiger partial charge in [-0.25, -0.2) is 9.37 Å². The number of methoxy groups -OCH3 is 1. The average Bonchev–Trinajstić information content (AvgIpc) is 2.32. The molecule has 6 heteroatoms. The molecule has 0 aliphatic carbocycles. The maximum Gasteiger partial charge on any atom is 0.251 e. The second-order valence-electron chi connectivity index (χ2n) is 3.65. The Morgan fingerprint density at radius 2 is 2.22 bits per heavy atom. The van der Waals surface area contributed by atoms with E-state index < -0.39 is 5.82 Å². The van der Waals surface area contributed by atoms with Crippen LogP contribution in [0, 0.1) is 5.82 Å². The van der Waals surface area contributed by atoms with Crippen molar-refractivity contribution < 1.29 is 9.13 Å². The van der Waals surface area contributed by atoms with E-state index in [9.17, 15) is 9.18 Å². The molecule has 4 nitrogen and oxygen atoms in total. The SMILES string of the molecule is COCc1cc(=O)[nH]c(-c2ccc(Cl)c(F)c2)n1. The lowest BCUT2D eigenvalue weighted by Crippen LogP contribution is -2.10. The van der Waals surface area contributed by atoms with Crippen LogP contribution >= 0.6 is 11.6 Å². The van der Waals surface area contributed by atoms with Crippen molar-refractivity contribution in [1.29, 1.82) is 0 Å². The zero-order valence-electron chi connectivity index (χ0n) is 9.54. The molecule has 0 bridgehead atoms. The number of nitrogens with one attached hydrogen (secondary N) is 1. The van der Waals surface area contributed by atoms with Gasteiger partial charge in [-0.1, -0.05) is 11.6 Å². The van der Waals surface area contributed by atoms with Crippen molar-refractivity contribution in [3.8, 4) is 11.4 Å². The molecule has 2 aromatic rings. The van der Waals surface area contributed by atoms with Crippen LogP contribution in [0.15, 0.2) is 29.1 Å². The summed E-state index contributed by atoms with van der Waals surface area (Å²) < 4.78 is 18.2. The first-order valence-electron chi connectivity index (χ1n) is 5.15. The Morgan fingerprint density at radius 1 is 1.44 bits per heavy atom. The number of ether oxygens (including phenoxy) is 1. The van der Waals surface area contributed by atoms with Crippen molar-refractivity contribution in [3.05, 3.63) is 51.2 Å². The molecule has 0 saturated heterocycles. The van der Waals surface area contributed by atoms with Gasteiger partial charge in [-0.3, -0.25) is 4.79 Å². The zero-order chi connectivity index (χ0) is 13.1. The molecule has 2 rings (SSSR count). The summed E-state index contributed by atoms with van der Waals surface area (Å²) in [4.78, 5) is 18.2. The highest BCUT2D eigenvalue weighted by Crippen LogP contribution is 2.21. The van der Waals surface area contributed by atoms with E-state index in [-0.39, 0.29) is 23.0 Å². The number of rotatable bonds is 3. The fraction of sp³-hybridized carbons (Fsp3) is 0.167. The average molecular weight is 269 g/mol. The zero-order valence-corrected chi connectivity index (χ0v) is 10.3. The monoisotopic (exact) mass is 268 g/mol. The van der Waals surface area contributed by atoms with E-state index >= 15 is 0 Å². The molecule has 0 fully saturated rings. The molecular weight excluding hydrogens is 259 g/mol. The van der Waals surface area contributed by atoms with Gasteiger partial charge in [0.15, 0.2) is 0 Å². The topological polar surface area (TPSA) is 55.0 Å². The summed E-state index contributed by atoms with van der Waals surface area (Å²) in [5.74, 6) is -0.279. The molecule has 0 unspecified atom stereocenters. The number of hydrogen-bond donors (Lipinski definition) is 1. The van der Waals surface area contributed by atoms with Gasteiger partial charge in [0.2, 0.25) is 0 Å². The van der Waals surface area contributed by atoms with E-state index in [1.807, 2.05) is 0 Å². The summed E-state index contributed by atoms with van der Waals surface area (Å²) in [6, 6.07) is 5.55. The fourth-order valence-electron chi connectivity index (χ4n) is 1.51. The number of benzene rings is 1. The number of nitrogens with zero attached hydrogens (tertiary/aromatic N) is 1. The molecule has 94 valence electrons. The number of aromatic nitrogens is 2. The Balaban J connectivity index is 2.49. The lowest BCUT2D eigenvalue weighted by molar-refractivity contribution is 0.181. The minimum absolute atomic E-state index is 0.0224. The van der Waals surface area contributed by atoms with Crippen molar-refractivity contribution >= 4 is 11.6 Å². The van der Waals surface area contributed by atoms with Gasteiger partial charge in [0.25, 0.3) is 5.56 Å². The van der Waals surface area contributed by atoms with Crippen molar-refractivity contribution in [2.24, 2.45) is 0 Å². The Kier molecular flexibility index (Phi) is 3.74. The third-order valence-corrected chi connectivity index (χ3v) is 2.59. The van der Waals surface area contributed by atoms with E-state index in [1.165, 1.54) is 25.3 Å². The van der Waals surface area contributed by atoms with E-state index in [4.69, 9.17) is 16.3 Å². The number of halogens is 2. The van der Waals surface area contributed by atoms with Crippen LogP contribution in [0.2, 0.25) is 5.02 Å². The van der Waals surface area contributed by atoms with Gasteiger partial charge in [0.05, 0.1) is 17.3 Å². The molecule has 0 aliphatic heterocycles. The van der Waals surface area contributed by atoms with Gasteiger partial charge >= 0.3 is 0 Å². The van der Waals surface area contributed by atoms with Crippen LogP contribution in [0.3, 0.4) is 0 Å². The summed E-state index contributed by atoms with van der Waals surface area (Å²) in [6.07, 6.45) is 0. The van der Waals surface area contributed by atoms with Crippen molar-refractivity contribution in [1.82, 2.24) is 9.97 Å². The molecule has 1 aromatic carbocycles. The van der Waals surface area contributed by atoms with Crippen molar-refractivity contribution in [2.45, 2.75) is 6.61 Å². The highest BCUT2D eigenvalue weighted by atomic mass is 35.5. The van der Waals surface area contributed by atoms with Gasteiger partial charge < -0.3 is 9.72 Å². The van der Waals surface area contributed by atoms with Gasteiger partial charge in [0.1, 0.15) is 11.6 Å². The molecule has 1 heterocycles. The molecule has 0 atom stereocenters. The maximum atomic E-state index is 13.3. The van der Waals surface area contributed by atoms with Gasteiger partial charge in [0, 0.05) is 18.7 Å². The molecule has 0 saturated carbocycles. The quantitative estimate of drug-likeness (QED) is 0.930. The molecule has 0 amide bonds. The van der Waals surface area contributed by atoms with Crippen LogP contribution in [0.4, 0.5) is 4.39 Å². The van der Waals surface area contributed by atoms with E-state index in [0.29, 0.717) is 11.3 Å². The predicted octanol–water partition coefficient (Wildman–Crippen LogP) is 2.38. The van der Waals surface area contributed by atoms with Gasteiger partial charge in [-0.05, 0) is 18.2 Å². The van der Waals surface area contributed by atoms with E-state index in [2.05, 4.69) is 9.97 Å². The summed E-state index contributed by atoms with van der Waals surface area (Å²) in [5.41, 5.74) is 0.612. The number of aromatic amines is 1. The van der Waals surface area contributed by atoms with E-state index in [1.54, 1.807) is 6.07 Å². The van der Waals surface area contributed by atoms with Crippen LogP contribution in [0.1, 0.15) is 5.69 Å². The first kappa shape index (κ1) is 12.7. The normalized spacial score (nSPS) is 10.6. The van der Waals surface area contributed by atoms with Crippen LogP contribution in [-0.4, -0.2) is 17.1 Å². The Bertz CT molecular complexity index is 628. The van der Waals surface area contributed by atoms with Crippen LogP contribution in [-0.2, 0) is 11.3 Å². The Labute approximate surface area is 107 Å². The first-order valence-corrected chi connectivity index (χ1v) is 5.52. The van der Waals surface area contributed by atoms with E-state index in [0.717, 1.165) is 0 Å². The lowest BCUT2D eigenvalue weighted by Gasteiger charge is -2.04. The molecule has 1 aromatic heterocycles. The Hall–Kier alpha value is -1.72. The van der Waals surface area contributed by atoms with Crippen molar-refractivity contribution in [3.63, 3.8) is 0 Å². The minimum Gasteiger partial charge on any atom is -0.378 e. The molecule has 0 spiro atoms. The minimum atomic E-state index is -0.561. The van der Waals surface area contributed by atoms with Gasteiger partial charge in [-0.15, -0.1) is 0 Å². The standard InChI is InChI=1S/C12H10ClFN2O2/c1-18-6-8-5-11(17)16-12(15-8)7-2-3-9(13)10(14)4-7/h2-5H,6H2,1H3,(H,15,16,17). The highest BCUT2D eigenvalue weighted by Gasteiger charge is 2.07. The third-order valence-electron chi connectivity index (χ3n) is 2.28. The molecule has 0 radical (unpaired) electrons. The highest BCUT2D eigenvalue weighted by molar-refractivity contribution is 6.30. The maximum absolute atomic E-state index is 13.3. The Morgan fingerprint density at radius 3 is 2.89 bits per heavy atom. The van der Waals surface area contributed by atoms with Crippen LogP contribution in [0.5, 0.6) is 0 Å². The summed E-state index contributed by atoms with van der Waals surface area (Å²) >= 11 is 5.59. The molecule has 18 heavy (non-hydrogen) atoms. The van der Waals surface area contributed by atoms with Crippen LogP contribution in [0.25, 0.3) is 11.4 Å². The second-order valence-corrected chi connectivity index (χ2v) is 4.05. The number of H-pyrrole nitrogens is 1. The predicted molar refractivity (Wildman–Crippen MR) is 66.0 cm³/mol. The molecule has 0 aliphatic rings. The lowest BCUT2D eigenvalue weighted by atomic mass is 10.2. The van der Waals surface area contributed by atoms with Crippen molar-refractivity contribution in [2.75, 3.05) is 7.11 Å². The summed E-state index contributed by atoms with van der Waals surface area (Å²) in [7, 11) is 1.50. The van der Waals surface area contributed by atoms with Crippen LogP contribution < -0.4 is 5.56 Å². The molecular formula is C12H10ClFN2O2. The second kappa shape index (κ2) is 5.29. The van der Waals surface area contributed by atoms with Gasteiger partial charge in [-0.2, -0.15) is 0 Å². The first-order chi connectivity index (χ1) is 8.60. The summed E-state index contributed by atoms with van der Waals surface area (Å²) in [6.45, 7) is 0.215.